The number of imide groups is 1. The fraction of sp³-hybridized carbons (Fsp3) is 0.167. The molecular weight excluding hydrogens is 368 g/mol. The van der Waals surface area contributed by atoms with Crippen molar-refractivity contribution in [3.05, 3.63) is 65.1 Å². The molecule has 144 valence electrons. The van der Waals surface area contributed by atoms with Crippen LogP contribution >= 0.6 is 0 Å². The molecule has 28 heavy (non-hydrogen) atoms. The van der Waals surface area contributed by atoms with E-state index in [1.807, 2.05) is 5.32 Å². The van der Waals surface area contributed by atoms with Crippen molar-refractivity contribution in [2.24, 2.45) is 0 Å². The first-order valence-electron chi connectivity index (χ1n) is 8.23. The third kappa shape index (κ3) is 4.81. The molecule has 2 heterocycles. The zero-order valence-electron chi connectivity index (χ0n) is 14.6. The second-order valence-electron chi connectivity index (χ2n) is 5.67. The van der Waals surface area contributed by atoms with Gasteiger partial charge in [-0.1, -0.05) is 12.1 Å². The van der Waals surface area contributed by atoms with Crippen molar-refractivity contribution in [2.75, 3.05) is 6.61 Å². The average Bonchev–Trinajstić information content (AvgIpc) is 3.21. The van der Waals surface area contributed by atoms with Crippen molar-refractivity contribution < 1.29 is 23.5 Å². The van der Waals surface area contributed by atoms with E-state index in [0.717, 1.165) is 4.57 Å². The van der Waals surface area contributed by atoms with Crippen LogP contribution < -0.4 is 16.2 Å². The second kappa shape index (κ2) is 8.62. The van der Waals surface area contributed by atoms with E-state index in [9.17, 15) is 19.2 Å². The summed E-state index contributed by atoms with van der Waals surface area (Å²) < 4.78 is 10.9. The summed E-state index contributed by atoms with van der Waals surface area (Å²) in [6.07, 6.45) is 2.68. The topological polar surface area (TPSA) is 133 Å². The van der Waals surface area contributed by atoms with Crippen molar-refractivity contribution in [2.45, 2.75) is 13.1 Å². The van der Waals surface area contributed by atoms with Gasteiger partial charge in [-0.05, 0) is 24.3 Å². The molecule has 0 aliphatic heterocycles. The van der Waals surface area contributed by atoms with Crippen LogP contribution in [0.4, 0.5) is 4.79 Å². The molecule has 0 radical (unpaired) electrons. The number of rotatable bonds is 6. The van der Waals surface area contributed by atoms with E-state index < -0.39 is 36.6 Å². The number of para-hydroxylation sites is 1. The van der Waals surface area contributed by atoms with Crippen LogP contribution in [0.3, 0.4) is 0 Å². The number of esters is 1. The van der Waals surface area contributed by atoms with Gasteiger partial charge in [0.25, 0.3) is 11.5 Å². The van der Waals surface area contributed by atoms with Gasteiger partial charge in [-0.25, -0.2) is 9.78 Å². The SMILES string of the molecule is O=C(COC(=O)Cn1cnc2ccccc2c1=O)NC(=O)NCc1ccco1. The predicted molar refractivity (Wildman–Crippen MR) is 96.0 cm³/mol. The lowest BCUT2D eigenvalue weighted by atomic mass is 10.2. The first-order chi connectivity index (χ1) is 13.5. The Morgan fingerprint density at radius 3 is 2.75 bits per heavy atom. The smallest absolute Gasteiger partial charge is 0.326 e. The number of amides is 3. The van der Waals surface area contributed by atoms with Gasteiger partial charge in [0, 0.05) is 0 Å². The molecule has 3 rings (SSSR count). The van der Waals surface area contributed by atoms with Gasteiger partial charge in [-0.3, -0.25) is 24.3 Å². The molecule has 0 unspecified atom stereocenters. The zero-order valence-corrected chi connectivity index (χ0v) is 14.6. The van der Waals surface area contributed by atoms with Gasteiger partial charge in [-0.2, -0.15) is 0 Å². The summed E-state index contributed by atoms with van der Waals surface area (Å²) >= 11 is 0. The summed E-state index contributed by atoms with van der Waals surface area (Å²) in [4.78, 5) is 51.5. The maximum absolute atomic E-state index is 12.3. The lowest BCUT2D eigenvalue weighted by molar-refractivity contribution is -0.148. The molecule has 10 heteroatoms. The van der Waals surface area contributed by atoms with Gasteiger partial charge >= 0.3 is 12.0 Å². The Labute approximate surface area is 158 Å². The van der Waals surface area contributed by atoms with Crippen LogP contribution in [0, 0.1) is 0 Å². The van der Waals surface area contributed by atoms with Gasteiger partial charge in [0.1, 0.15) is 12.3 Å². The van der Waals surface area contributed by atoms with Crippen LogP contribution in [0.15, 0.2) is 58.2 Å². The van der Waals surface area contributed by atoms with Crippen molar-refractivity contribution in [1.29, 1.82) is 0 Å². The number of nitrogens with zero attached hydrogens (tertiary/aromatic N) is 2. The molecule has 0 fully saturated rings. The normalized spacial score (nSPS) is 10.4. The van der Waals surface area contributed by atoms with Crippen molar-refractivity contribution in [3.8, 4) is 0 Å². The number of urea groups is 1. The Kier molecular flexibility index (Phi) is 5.80. The van der Waals surface area contributed by atoms with Gasteiger partial charge < -0.3 is 14.5 Å². The molecule has 2 aromatic heterocycles. The Morgan fingerprint density at radius 1 is 1.14 bits per heavy atom. The summed E-state index contributed by atoms with van der Waals surface area (Å²) in [5, 5.41) is 4.78. The number of hydrogen-bond donors (Lipinski definition) is 2. The van der Waals surface area contributed by atoms with Crippen LogP contribution in [0.1, 0.15) is 5.76 Å². The monoisotopic (exact) mass is 384 g/mol. The average molecular weight is 384 g/mol. The quantitative estimate of drug-likeness (QED) is 0.593. The van der Waals surface area contributed by atoms with Gasteiger partial charge in [0.2, 0.25) is 0 Å². The number of ether oxygens (including phenoxy) is 1. The Hall–Kier alpha value is -3.95. The summed E-state index contributed by atoms with van der Waals surface area (Å²) in [6.45, 7) is -0.971. The van der Waals surface area contributed by atoms with E-state index in [4.69, 9.17) is 9.15 Å². The largest absolute Gasteiger partial charge is 0.467 e. The minimum atomic E-state index is -0.815. The Bertz CT molecular complexity index is 1060. The van der Waals surface area contributed by atoms with E-state index in [1.165, 1.54) is 12.6 Å². The van der Waals surface area contributed by atoms with Crippen LogP contribution in [-0.4, -0.2) is 34.1 Å². The second-order valence-corrected chi connectivity index (χ2v) is 5.67. The van der Waals surface area contributed by atoms with Crippen LogP contribution in [-0.2, 0) is 27.4 Å². The van der Waals surface area contributed by atoms with Gasteiger partial charge in [0.05, 0.1) is 30.0 Å². The highest BCUT2D eigenvalue weighted by molar-refractivity contribution is 5.95. The summed E-state index contributed by atoms with van der Waals surface area (Å²) in [6, 6.07) is 9.28. The molecule has 0 aliphatic carbocycles. The van der Waals surface area contributed by atoms with E-state index in [2.05, 4.69) is 10.3 Å². The number of carbonyl (C=O) groups is 3. The molecule has 2 N–H and O–H groups in total. The number of benzene rings is 1. The first-order valence-corrected chi connectivity index (χ1v) is 8.23. The molecule has 1 aromatic carbocycles. The fourth-order valence-electron chi connectivity index (χ4n) is 2.34. The van der Waals surface area contributed by atoms with Gasteiger partial charge in [0.15, 0.2) is 6.61 Å². The minimum Gasteiger partial charge on any atom is -0.467 e. The zero-order chi connectivity index (χ0) is 19.9. The maximum Gasteiger partial charge on any atom is 0.326 e. The lowest BCUT2D eigenvalue weighted by Gasteiger charge is -2.08. The van der Waals surface area contributed by atoms with Crippen LogP contribution in [0.5, 0.6) is 0 Å². The molecule has 0 saturated carbocycles. The lowest BCUT2D eigenvalue weighted by Crippen LogP contribution is -2.41. The van der Waals surface area contributed by atoms with E-state index in [-0.39, 0.29) is 6.54 Å². The highest BCUT2D eigenvalue weighted by Crippen LogP contribution is 2.04. The third-order valence-corrected chi connectivity index (χ3v) is 3.65. The van der Waals surface area contributed by atoms with E-state index >= 15 is 0 Å². The number of fused-ring (bicyclic) bond motifs is 1. The molecule has 0 atom stereocenters. The molecule has 3 amide bonds. The highest BCUT2D eigenvalue weighted by atomic mass is 16.5. The maximum atomic E-state index is 12.3. The molecular formula is C18H16N4O6. The third-order valence-electron chi connectivity index (χ3n) is 3.65. The van der Waals surface area contributed by atoms with Crippen LogP contribution in [0.25, 0.3) is 10.9 Å². The fourth-order valence-corrected chi connectivity index (χ4v) is 2.34. The highest BCUT2D eigenvalue weighted by Gasteiger charge is 2.13. The standard InChI is InChI=1S/C18H16N4O6/c23-15(21-18(26)19-8-12-4-3-7-27-12)10-28-16(24)9-22-11-20-14-6-2-1-5-13(14)17(22)25/h1-7,11H,8-10H2,(H2,19,21,23,26). The molecule has 0 bridgehead atoms. The number of hydrogen-bond acceptors (Lipinski definition) is 7. The molecule has 0 spiro atoms. The van der Waals surface area contributed by atoms with E-state index in [1.54, 1.807) is 36.4 Å². The van der Waals surface area contributed by atoms with Gasteiger partial charge in [-0.15, -0.1) is 0 Å². The number of carbonyl (C=O) groups excluding carboxylic acids is 3. The molecule has 0 aliphatic rings. The van der Waals surface area contributed by atoms with Crippen molar-refractivity contribution >= 4 is 28.8 Å². The summed E-state index contributed by atoms with van der Waals surface area (Å²) in [7, 11) is 0. The minimum absolute atomic E-state index is 0.101. The van der Waals surface area contributed by atoms with E-state index in [0.29, 0.717) is 16.7 Å². The number of nitrogens with one attached hydrogen (secondary N) is 2. The number of furan rings is 1. The Balaban J connectivity index is 1.46. The summed E-state index contributed by atoms with van der Waals surface area (Å²) in [5.41, 5.74) is 0.112. The predicted octanol–water partition coefficient (Wildman–Crippen LogP) is 0.559. The van der Waals surface area contributed by atoms with Crippen molar-refractivity contribution in [1.82, 2.24) is 20.2 Å². The Morgan fingerprint density at radius 2 is 1.96 bits per heavy atom. The molecule has 0 saturated heterocycles. The van der Waals surface area contributed by atoms with Crippen molar-refractivity contribution in [3.63, 3.8) is 0 Å². The summed E-state index contributed by atoms with van der Waals surface area (Å²) in [5.74, 6) is -1.11. The first kappa shape index (κ1) is 18.8. The molecule has 10 nitrogen and oxygen atoms in total. The van der Waals surface area contributed by atoms with Crippen LogP contribution in [0.2, 0.25) is 0 Å². The molecule has 3 aromatic rings. The number of aromatic nitrogens is 2.